The number of thioether (sulfide) groups is 1. The molecule has 9 heteroatoms. The third kappa shape index (κ3) is 5.20. The molecule has 0 spiro atoms. The van der Waals surface area contributed by atoms with Crippen LogP contribution >= 0.6 is 11.8 Å². The number of carbonyl (C=O) groups is 2. The molecule has 2 N–H and O–H groups in total. The first-order chi connectivity index (χ1) is 14.0. The van der Waals surface area contributed by atoms with Gasteiger partial charge in [0, 0.05) is 42.8 Å². The van der Waals surface area contributed by atoms with Crippen molar-refractivity contribution >= 4 is 35.0 Å². The second-order valence-electron chi connectivity index (χ2n) is 6.29. The van der Waals surface area contributed by atoms with Crippen LogP contribution in [0.25, 0.3) is 11.4 Å². The molecular formula is C20H22N6O2S. The van der Waals surface area contributed by atoms with E-state index in [-0.39, 0.29) is 17.1 Å². The van der Waals surface area contributed by atoms with Crippen LogP contribution in [0.5, 0.6) is 0 Å². The molecule has 2 amide bonds. The fourth-order valence-electron chi connectivity index (χ4n) is 2.67. The highest BCUT2D eigenvalue weighted by Gasteiger charge is 2.20. The first kappa shape index (κ1) is 20.5. The second kappa shape index (κ2) is 9.33. The highest BCUT2D eigenvalue weighted by molar-refractivity contribution is 8.00. The number of carbonyl (C=O) groups excluding carboxylic acids is 2. The minimum absolute atomic E-state index is 0.140. The van der Waals surface area contributed by atoms with Crippen LogP contribution < -0.4 is 10.6 Å². The number of aromatic nitrogens is 4. The third-order valence-corrected chi connectivity index (χ3v) is 5.18. The summed E-state index contributed by atoms with van der Waals surface area (Å²) in [6, 6.07) is 10.7. The van der Waals surface area contributed by atoms with E-state index in [0.29, 0.717) is 23.1 Å². The van der Waals surface area contributed by atoms with Crippen LogP contribution in [0.15, 0.2) is 53.9 Å². The Morgan fingerprint density at radius 2 is 1.66 bits per heavy atom. The first-order valence-electron chi connectivity index (χ1n) is 9.16. The Balaban J connectivity index is 1.67. The molecule has 3 aromatic rings. The summed E-state index contributed by atoms with van der Waals surface area (Å²) < 4.78 is 1.98. The number of nitrogens with zero attached hydrogens (tertiary/aromatic N) is 4. The molecule has 8 nitrogen and oxygen atoms in total. The lowest BCUT2D eigenvalue weighted by Gasteiger charge is -2.13. The maximum Gasteiger partial charge on any atom is 0.237 e. The maximum absolute atomic E-state index is 12.6. The van der Waals surface area contributed by atoms with E-state index in [1.807, 2.05) is 30.5 Å². The van der Waals surface area contributed by atoms with Crippen molar-refractivity contribution in [2.45, 2.75) is 37.7 Å². The first-order valence-corrected chi connectivity index (χ1v) is 10.0. The van der Waals surface area contributed by atoms with Crippen molar-refractivity contribution in [3.63, 3.8) is 0 Å². The standard InChI is InChI=1S/C20H22N6O2S/c1-4-26-18(15-9-11-21-12-10-15)24-25-20(26)29-13(2)19(28)23-17-7-5-16(6-8-17)22-14(3)27/h5-13H,4H2,1-3H3,(H,22,27)(H,23,28)/t13-/m1/s1. The van der Waals surface area contributed by atoms with Crippen molar-refractivity contribution in [3.8, 4) is 11.4 Å². The molecule has 0 aliphatic carbocycles. The fourth-order valence-corrected chi connectivity index (χ4v) is 3.58. The number of hydrogen-bond acceptors (Lipinski definition) is 6. The SMILES string of the molecule is CCn1c(S[C@H](C)C(=O)Nc2ccc(NC(C)=O)cc2)nnc1-c1ccncc1. The van der Waals surface area contributed by atoms with Crippen molar-refractivity contribution in [1.29, 1.82) is 0 Å². The monoisotopic (exact) mass is 410 g/mol. The van der Waals surface area contributed by atoms with Gasteiger partial charge in [-0.05, 0) is 50.2 Å². The number of nitrogens with one attached hydrogen (secondary N) is 2. The van der Waals surface area contributed by atoms with Gasteiger partial charge in [-0.1, -0.05) is 11.8 Å². The molecule has 0 fully saturated rings. The van der Waals surface area contributed by atoms with E-state index < -0.39 is 0 Å². The zero-order valence-corrected chi connectivity index (χ0v) is 17.2. The second-order valence-corrected chi connectivity index (χ2v) is 7.60. The van der Waals surface area contributed by atoms with Gasteiger partial charge in [-0.2, -0.15) is 0 Å². The van der Waals surface area contributed by atoms with Gasteiger partial charge in [0.2, 0.25) is 11.8 Å². The summed E-state index contributed by atoms with van der Waals surface area (Å²) in [5.41, 5.74) is 2.26. The Labute approximate surface area is 173 Å². The Morgan fingerprint density at radius 3 is 2.24 bits per heavy atom. The van der Waals surface area contributed by atoms with E-state index in [9.17, 15) is 9.59 Å². The molecule has 0 radical (unpaired) electrons. The predicted octanol–water partition coefficient (Wildman–Crippen LogP) is 3.44. The number of hydrogen-bond donors (Lipinski definition) is 2. The smallest absolute Gasteiger partial charge is 0.237 e. The molecule has 2 heterocycles. The van der Waals surface area contributed by atoms with Crippen LogP contribution in [0.2, 0.25) is 0 Å². The lowest BCUT2D eigenvalue weighted by Crippen LogP contribution is -2.23. The van der Waals surface area contributed by atoms with Gasteiger partial charge in [0.25, 0.3) is 0 Å². The number of rotatable bonds is 7. The topological polar surface area (TPSA) is 102 Å². The summed E-state index contributed by atoms with van der Waals surface area (Å²) >= 11 is 1.35. The average molecular weight is 411 g/mol. The fraction of sp³-hybridized carbons (Fsp3) is 0.250. The molecule has 0 bridgehead atoms. The van der Waals surface area contributed by atoms with E-state index in [4.69, 9.17) is 0 Å². The van der Waals surface area contributed by atoms with Gasteiger partial charge in [-0.15, -0.1) is 10.2 Å². The Kier molecular flexibility index (Phi) is 6.61. The molecule has 0 aliphatic rings. The molecule has 0 aliphatic heterocycles. The lowest BCUT2D eigenvalue weighted by atomic mass is 10.2. The van der Waals surface area contributed by atoms with Crippen LogP contribution in [-0.4, -0.2) is 36.8 Å². The maximum atomic E-state index is 12.6. The molecule has 0 saturated heterocycles. The highest BCUT2D eigenvalue weighted by atomic mass is 32.2. The van der Waals surface area contributed by atoms with Crippen LogP contribution in [0.1, 0.15) is 20.8 Å². The van der Waals surface area contributed by atoms with Crippen molar-refractivity contribution in [2.24, 2.45) is 0 Å². The quantitative estimate of drug-likeness (QED) is 0.579. The summed E-state index contributed by atoms with van der Waals surface area (Å²) in [6.07, 6.45) is 3.42. The van der Waals surface area contributed by atoms with Crippen LogP contribution in [0, 0.1) is 0 Å². The van der Waals surface area contributed by atoms with E-state index in [1.165, 1.54) is 18.7 Å². The van der Waals surface area contributed by atoms with Gasteiger partial charge in [0.15, 0.2) is 11.0 Å². The average Bonchev–Trinajstić information content (AvgIpc) is 3.12. The third-order valence-electron chi connectivity index (χ3n) is 4.10. The molecule has 150 valence electrons. The van der Waals surface area contributed by atoms with Gasteiger partial charge in [0.1, 0.15) is 0 Å². The van der Waals surface area contributed by atoms with Crippen molar-refractivity contribution < 1.29 is 9.59 Å². The van der Waals surface area contributed by atoms with Crippen LogP contribution in [0.4, 0.5) is 11.4 Å². The highest BCUT2D eigenvalue weighted by Crippen LogP contribution is 2.27. The number of benzene rings is 1. The van der Waals surface area contributed by atoms with Crippen LogP contribution in [0.3, 0.4) is 0 Å². The van der Waals surface area contributed by atoms with E-state index in [2.05, 4.69) is 25.8 Å². The molecule has 1 atom stereocenters. The normalized spacial score (nSPS) is 11.7. The number of amides is 2. The van der Waals surface area contributed by atoms with Crippen molar-refractivity contribution in [1.82, 2.24) is 19.7 Å². The van der Waals surface area contributed by atoms with Crippen LogP contribution in [-0.2, 0) is 16.1 Å². The van der Waals surface area contributed by atoms with Gasteiger partial charge >= 0.3 is 0 Å². The largest absolute Gasteiger partial charge is 0.326 e. The molecule has 0 saturated carbocycles. The minimum Gasteiger partial charge on any atom is -0.326 e. The van der Waals surface area contributed by atoms with Gasteiger partial charge < -0.3 is 15.2 Å². The molecular weight excluding hydrogens is 388 g/mol. The molecule has 2 aromatic heterocycles. The summed E-state index contributed by atoms with van der Waals surface area (Å²) in [7, 11) is 0. The molecule has 29 heavy (non-hydrogen) atoms. The summed E-state index contributed by atoms with van der Waals surface area (Å²) in [5.74, 6) is 0.468. The van der Waals surface area contributed by atoms with Crippen molar-refractivity contribution in [3.05, 3.63) is 48.8 Å². The van der Waals surface area contributed by atoms with Gasteiger partial charge in [0.05, 0.1) is 5.25 Å². The molecule has 1 aromatic carbocycles. The van der Waals surface area contributed by atoms with E-state index in [0.717, 1.165) is 11.4 Å². The predicted molar refractivity (Wildman–Crippen MR) is 114 cm³/mol. The van der Waals surface area contributed by atoms with Gasteiger partial charge in [-0.25, -0.2) is 0 Å². The Hall–Kier alpha value is -3.20. The summed E-state index contributed by atoms with van der Waals surface area (Å²) in [4.78, 5) is 27.7. The van der Waals surface area contributed by atoms with Crippen molar-refractivity contribution in [2.75, 3.05) is 10.6 Å². The Bertz CT molecular complexity index is 988. The summed E-state index contributed by atoms with van der Waals surface area (Å²) in [6.45, 7) is 5.97. The Morgan fingerprint density at radius 1 is 1.03 bits per heavy atom. The molecule has 0 unspecified atom stereocenters. The van der Waals surface area contributed by atoms with E-state index >= 15 is 0 Å². The lowest BCUT2D eigenvalue weighted by molar-refractivity contribution is -0.115. The van der Waals surface area contributed by atoms with Gasteiger partial charge in [-0.3, -0.25) is 14.6 Å². The minimum atomic E-state index is -0.371. The zero-order chi connectivity index (χ0) is 20.8. The molecule has 3 rings (SSSR count). The number of pyridine rings is 1. The summed E-state index contributed by atoms with van der Waals surface area (Å²) in [5, 5.41) is 14.4. The zero-order valence-electron chi connectivity index (χ0n) is 16.4. The van der Waals surface area contributed by atoms with E-state index in [1.54, 1.807) is 36.7 Å². The number of anilines is 2.